The molecule has 0 spiro atoms. The number of rotatable bonds is 4. The molecule has 0 radical (unpaired) electrons. The fourth-order valence-corrected chi connectivity index (χ4v) is 3.11. The van der Waals surface area contributed by atoms with Gasteiger partial charge in [0.15, 0.2) is 0 Å². The molecule has 1 aliphatic carbocycles. The number of phenols is 1. The molecule has 3 nitrogen and oxygen atoms in total. The number of aliphatic hydroxyl groups is 1. The Morgan fingerprint density at radius 1 is 1.22 bits per heavy atom. The molecule has 18 heavy (non-hydrogen) atoms. The number of benzene rings is 1. The van der Waals surface area contributed by atoms with Crippen molar-refractivity contribution in [3.05, 3.63) is 27.8 Å². The van der Waals surface area contributed by atoms with Gasteiger partial charge in [-0.2, -0.15) is 0 Å². The number of phenolic OH excluding ortho intramolecular Hbond substituents is 1. The summed E-state index contributed by atoms with van der Waals surface area (Å²) in [5, 5.41) is 19.5. The summed E-state index contributed by atoms with van der Waals surface area (Å²) in [6.45, 7) is 4.80. The molecule has 1 aromatic rings. The minimum Gasteiger partial charge on any atom is -0.507 e. The van der Waals surface area contributed by atoms with Crippen molar-refractivity contribution in [1.82, 2.24) is 0 Å². The summed E-state index contributed by atoms with van der Waals surface area (Å²) < 4.78 is 5.31. The molecule has 0 aromatic heterocycles. The summed E-state index contributed by atoms with van der Waals surface area (Å²) in [6.07, 6.45) is 2.53. The highest BCUT2D eigenvalue weighted by atomic mass is 16.5. The van der Waals surface area contributed by atoms with Gasteiger partial charge >= 0.3 is 0 Å². The van der Waals surface area contributed by atoms with Gasteiger partial charge in [-0.25, -0.2) is 0 Å². The lowest BCUT2D eigenvalue weighted by Crippen LogP contribution is -2.07. The van der Waals surface area contributed by atoms with Gasteiger partial charge in [0.2, 0.25) is 0 Å². The summed E-state index contributed by atoms with van der Waals surface area (Å²) in [5.41, 5.74) is 5.49. The Morgan fingerprint density at radius 3 is 2.50 bits per heavy atom. The standard InChI is InChI=1S/C15H22O3/c1-9-6-12-13(7-9)15(17)10(2)11(4-5-16)14(12)8-18-3/h9,16-17H,4-8H2,1-3H3. The van der Waals surface area contributed by atoms with E-state index in [4.69, 9.17) is 4.74 Å². The largest absolute Gasteiger partial charge is 0.507 e. The van der Waals surface area contributed by atoms with Crippen LogP contribution in [0.3, 0.4) is 0 Å². The number of hydrogen-bond acceptors (Lipinski definition) is 3. The zero-order chi connectivity index (χ0) is 13.3. The van der Waals surface area contributed by atoms with E-state index in [9.17, 15) is 10.2 Å². The summed E-state index contributed by atoms with van der Waals surface area (Å²) in [5.74, 6) is 1.00. The third-order valence-electron chi connectivity index (χ3n) is 3.94. The smallest absolute Gasteiger partial charge is 0.122 e. The Balaban J connectivity index is 2.60. The predicted octanol–water partition coefficient (Wildman–Crippen LogP) is 2.12. The van der Waals surface area contributed by atoms with E-state index >= 15 is 0 Å². The van der Waals surface area contributed by atoms with E-state index < -0.39 is 0 Å². The van der Waals surface area contributed by atoms with Crippen LogP contribution in [-0.2, 0) is 30.6 Å². The van der Waals surface area contributed by atoms with Crippen molar-refractivity contribution in [2.24, 2.45) is 5.92 Å². The molecule has 3 heteroatoms. The minimum absolute atomic E-state index is 0.103. The summed E-state index contributed by atoms with van der Waals surface area (Å²) >= 11 is 0. The summed E-state index contributed by atoms with van der Waals surface area (Å²) in [7, 11) is 1.69. The Hall–Kier alpha value is -1.06. The van der Waals surface area contributed by atoms with Gasteiger partial charge in [-0.05, 0) is 59.9 Å². The first kappa shape index (κ1) is 13.4. The number of ether oxygens (including phenoxy) is 1. The zero-order valence-electron chi connectivity index (χ0n) is 11.4. The maximum atomic E-state index is 10.3. The monoisotopic (exact) mass is 250 g/mol. The van der Waals surface area contributed by atoms with Gasteiger partial charge in [-0.3, -0.25) is 0 Å². The molecule has 1 aliphatic rings. The fraction of sp³-hybridized carbons (Fsp3) is 0.600. The highest BCUT2D eigenvalue weighted by Crippen LogP contribution is 2.40. The minimum atomic E-state index is 0.103. The zero-order valence-corrected chi connectivity index (χ0v) is 11.4. The van der Waals surface area contributed by atoms with Crippen molar-refractivity contribution >= 4 is 0 Å². The van der Waals surface area contributed by atoms with Gasteiger partial charge in [0.1, 0.15) is 5.75 Å². The van der Waals surface area contributed by atoms with E-state index in [1.807, 2.05) is 6.92 Å². The molecule has 0 heterocycles. The van der Waals surface area contributed by atoms with E-state index in [-0.39, 0.29) is 6.61 Å². The van der Waals surface area contributed by atoms with Crippen molar-refractivity contribution in [1.29, 1.82) is 0 Å². The lowest BCUT2D eigenvalue weighted by atomic mass is 9.91. The summed E-state index contributed by atoms with van der Waals surface area (Å²) in [6, 6.07) is 0. The third-order valence-corrected chi connectivity index (χ3v) is 3.94. The first-order chi connectivity index (χ1) is 8.60. The number of aromatic hydroxyl groups is 1. The van der Waals surface area contributed by atoms with E-state index in [1.165, 1.54) is 11.1 Å². The van der Waals surface area contributed by atoms with Crippen molar-refractivity contribution in [2.45, 2.75) is 39.7 Å². The first-order valence-electron chi connectivity index (χ1n) is 6.54. The van der Waals surface area contributed by atoms with Crippen molar-refractivity contribution < 1.29 is 14.9 Å². The second-order valence-electron chi connectivity index (χ2n) is 5.31. The fourth-order valence-electron chi connectivity index (χ4n) is 3.11. The van der Waals surface area contributed by atoms with Crippen molar-refractivity contribution in [2.75, 3.05) is 13.7 Å². The molecule has 1 unspecified atom stereocenters. The van der Waals surface area contributed by atoms with Crippen LogP contribution in [0.2, 0.25) is 0 Å². The Labute approximate surface area is 108 Å². The molecule has 2 N–H and O–H groups in total. The number of hydrogen-bond donors (Lipinski definition) is 2. The molecule has 1 aromatic carbocycles. The van der Waals surface area contributed by atoms with Crippen LogP contribution in [-0.4, -0.2) is 23.9 Å². The Bertz CT molecular complexity index is 448. The van der Waals surface area contributed by atoms with Crippen LogP contribution in [0.25, 0.3) is 0 Å². The second kappa shape index (κ2) is 5.29. The quantitative estimate of drug-likeness (QED) is 0.860. The van der Waals surface area contributed by atoms with Crippen LogP contribution in [0.1, 0.15) is 34.7 Å². The van der Waals surface area contributed by atoms with Gasteiger partial charge in [0, 0.05) is 13.7 Å². The highest BCUT2D eigenvalue weighted by Gasteiger charge is 2.27. The van der Waals surface area contributed by atoms with E-state index in [0.29, 0.717) is 24.7 Å². The van der Waals surface area contributed by atoms with Crippen LogP contribution in [0.15, 0.2) is 0 Å². The molecule has 0 amide bonds. The van der Waals surface area contributed by atoms with Gasteiger partial charge < -0.3 is 14.9 Å². The maximum Gasteiger partial charge on any atom is 0.122 e. The molecular formula is C15H22O3. The molecule has 0 bridgehead atoms. The van der Waals surface area contributed by atoms with Crippen LogP contribution in [0.4, 0.5) is 0 Å². The van der Waals surface area contributed by atoms with E-state index in [0.717, 1.165) is 29.5 Å². The highest BCUT2D eigenvalue weighted by molar-refractivity contribution is 5.56. The Kier molecular flexibility index (Phi) is 3.93. The number of fused-ring (bicyclic) bond motifs is 1. The predicted molar refractivity (Wildman–Crippen MR) is 70.9 cm³/mol. The van der Waals surface area contributed by atoms with Crippen molar-refractivity contribution in [3.8, 4) is 5.75 Å². The van der Waals surface area contributed by atoms with Gasteiger partial charge in [-0.15, -0.1) is 0 Å². The van der Waals surface area contributed by atoms with Crippen LogP contribution in [0.5, 0.6) is 5.75 Å². The summed E-state index contributed by atoms with van der Waals surface area (Å²) in [4.78, 5) is 0. The molecule has 2 rings (SSSR count). The van der Waals surface area contributed by atoms with Crippen molar-refractivity contribution in [3.63, 3.8) is 0 Å². The number of methoxy groups -OCH3 is 1. The molecule has 0 saturated carbocycles. The number of aliphatic hydroxyl groups excluding tert-OH is 1. The Morgan fingerprint density at radius 2 is 1.89 bits per heavy atom. The van der Waals surface area contributed by atoms with Crippen LogP contribution in [0, 0.1) is 12.8 Å². The van der Waals surface area contributed by atoms with Gasteiger partial charge in [-0.1, -0.05) is 6.92 Å². The van der Waals surface area contributed by atoms with Gasteiger partial charge in [0.05, 0.1) is 6.61 Å². The van der Waals surface area contributed by atoms with E-state index in [2.05, 4.69) is 6.92 Å². The lowest BCUT2D eigenvalue weighted by molar-refractivity contribution is 0.182. The first-order valence-corrected chi connectivity index (χ1v) is 6.54. The average Bonchev–Trinajstić information content (AvgIpc) is 2.73. The molecule has 0 aliphatic heterocycles. The van der Waals surface area contributed by atoms with E-state index in [1.54, 1.807) is 7.11 Å². The molecule has 0 saturated heterocycles. The topological polar surface area (TPSA) is 49.7 Å². The van der Waals surface area contributed by atoms with Gasteiger partial charge in [0.25, 0.3) is 0 Å². The third kappa shape index (κ3) is 2.13. The normalized spacial score (nSPS) is 18.1. The van der Waals surface area contributed by atoms with Crippen LogP contribution < -0.4 is 0 Å². The second-order valence-corrected chi connectivity index (χ2v) is 5.31. The SMILES string of the molecule is COCc1c(CCO)c(C)c(O)c2c1CC(C)C2. The lowest BCUT2D eigenvalue weighted by Gasteiger charge is -2.18. The molecule has 1 atom stereocenters. The molecule has 100 valence electrons. The molecule has 0 fully saturated rings. The molecular weight excluding hydrogens is 228 g/mol. The maximum absolute atomic E-state index is 10.3. The average molecular weight is 250 g/mol. The van der Waals surface area contributed by atoms with Crippen LogP contribution >= 0.6 is 0 Å².